The molecule has 0 aliphatic rings. The highest BCUT2D eigenvalue weighted by Gasteiger charge is 1.95. The fourth-order valence-electron chi connectivity index (χ4n) is 0.339. The van der Waals surface area contributed by atoms with Crippen LogP contribution in [0.5, 0.6) is 0 Å². The minimum absolute atomic E-state index is 0.196. The van der Waals surface area contributed by atoms with Crippen LogP contribution in [0.3, 0.4) is 0 Å². The van der Waals surface area contributed by atoms with Gasteiger partial charge >= 0.3 is 0 Å². The Hall–Kier alpha value is -0.590. The van der Waals surface area contributed by atoms with E-state index in [9.17, 15) is 0 Å². The summed E-state index contributed by atoms with van der Waals surface area (Å²) in [6, 6.07) is 1.97. The van der Waals surface area contributed by atoms with E-state index < -0.39 is 0 Å². The van der Waals surface area contributed by atoms with Crippen LogP contribution in [0.15, 0.2) is 0 Å². The van der Waals surface area contributed by atoms with Crippen molar-refractivity contribution >= 4 is 0 Å². The normalized spacial score (nSPS) is 12.6. The molecular formula is C6H11NO2. The highest BCUT2D eigenvalue weighted by atomic mass is 16.7. The smallest absolute Gasteiger partial charge is 0.154 e. The van der Waals surface area contributed by atoms with Gasteiger partial charge in [-0.2, -0.15) is 5.26 Å². The van der Waals surface area contributed by atoms with Gasteiger partial charge in [-0.1, -0.05) is 0 Å². The highest BCUT2D eigenvalue weighted by molar-refractivity contribution is 4.67. The van der Waals surface area contributed by atoms with Crippen LogP contribution in [-0.2, 0) is 9.47 Å². The molecule has 0 spiro atoms. The third-order valence-corrected chi connectivity index (χ3v) is 0.898. The van der Waals surface area contributed by atoms with Gasteiger partial charge in [0, 0.05) is 7.11 Å². The summed E-state index contributed by atoms with van der Waals surface area (Å²) in [5.41, 5.74) is 0. The lowest BCUT2D eigenvalue weighted by Gasteiger charge is -2.07. The quantitative estimate of drug-likeness (QED) is 0.418. The Morgan fingerprint density at radius 3 is 2.78 bits per heavy atom. The summed E-state index contributed by atoms with van der Waals surface area (Å²) in [5.74, 6) is 0. The number of ether oxygens (including phenoxy) is 2. The maximum Gasteiger partial charge on any atom is 0.154 e. The SMILES string of the molecule is COC(C)OCCC#N. The van der Waals surface area contributed by atoms with E-state index in [1.807, 2.05) is 6.07 Å². The van der Waals surface area contributed by atoms with Crippen molar-refractivity contribution in [1.82, 2.24) is 0 Å². The molecule has 0 N–H and O–H groups in total. The molecule has 3 nitrogen and oxygen atoms in total. The highest BCUT2D eigenvalue weighted by Crippen LogP contribution is 1.90. The van der Waals surface area contributed by atoms with E-state index >= 15 is 0 Å². The minimum Gasteiger partial charge on any atom is -0.356 e. The van der Waals surface area contributed by atoms with E-state index in [2.05, 4.69) is 0 Å². The van der Waals surface area contributed by atoms with Crippen LogP contribution in [0.1, 0.15) is 13.3 Å². The van der Waals surface area contributed by atoms with Crippen molar-refractivity contribution in [1.29, 1.82) is 5.26 Å². The third kappa shape index (κ3) is 5.28. The predicted octanol–water partition coefficient (Wildman–Crippen LogP) is 0.909. The van der Waals surface area contributed by atoms with Gasteiger partial charge in [0.05, 0.1) is 19.1 Å². The predicted molar refractivity (Wildman–Crippen MR) is 32.7 cm³/mol. The van der Waals surface area contributed by atoms with Gasteiger partial charge in [0.1, 0.15) is 0 Å². The molecule has 0 aliphatic carbocycles. The van der Waals surface area contributed by atoms with Crippen molar-refractivity contribution < 1.29 is 9.47 Å². The number of nitriles is 1. The second-order valence-electron chi connectivity index (χ2n) is 1.58. The van der Waals surface area contributed by atoms with Crippen LogP contribution in [-0.4, -0.2) is 20.0 Å². The number of nitrogens with zero attached hydrogens (tertiary/aromatic N) is 1. The van der Waals surface area contributed by atoms with Crippen LogP contribution in [0, 0.1) is 11.3 Å². The molecule has 0 amide bonds. The second-order valence-corrected chi connectivity index (χ2v) is 1.58. The molecule has 0 radical (unpaired) electrons. The fraction of sp³-hybridized carbons (Fsp3) is 0.833. The summed E-state index contributed by atoms with van der Waals surface area (Å²) in [6.45, 7) is 2.24. The molecule has 0 aromatic heterocycles. The zero-order valence-corrected chi connectivity index (χ0v) is 5.76. The van der Waals surface area contributed by atoms with Crippen LogP contribution < -0.4 is 0 Å². The van der Waals surface area contributed by atoms with E-state index in [4.69, 9.17) is 14.7 Å². The van der Waals surface area contributed by atoms with Crippen molar-refractivity contribution in [3.05, 3.63) is 0 Å². The Morgan fingerprint density at radius 1 is 1.67 bits per heavy atom. The molecule has 0 saturated carbocycles. The molecule has 0 rings (SSSR count). The minimum atomic E-state index is -0.196. The molecule has 52 valence electrons. The number of methoxy groups -OCH3 is 1. The van der Waals surface area contributed by atoms with E-state index in [-0.39, 0.29) is 6.29 Å². The zero-order valence-electron chi connectivity index (χ0n) is 5.76. The number of rotatable bonds is 4. The van der Waals surface area contributed by atoms with Gasteiger partial charge in [0.15, 0.2) is 6.29 Å². The topological polar surface area (TPSA) is 42.2 Å². The van der Waals surface area contributed by atoms with Crippen LogP contribution in [0.2, 0.25) is 0 Å². The van der Waals surface area contributed by atoms with E-state index in [0.29, 0.717) is 13.0 Å². The maximum atomic E-state index is 8.08. The van der Waals surface area contributed by atoms with Gasteiger partial charge in [-0.3, -0.25) is 0 Å². The largest absolute Gasteiger partial charge is 0.356 e. The van der Waals surface area contributed by atoms with Crippen LogP contribution >= 0.6 is 0 Å². The summed E-state index contributed by atoms with van der Waals surface area (Å²) < 4.78 is 9.75. The Bertz CT molecular complexity index is 97.7. The van der Waals surface area contributed by atoms with Crippen LogP contribution in [0.4, 0.5) is 0 Å². The summed E-state index contributed by atoms with van der Waals surface area (Å²) >= 11 is 0. The molecule has 0 aromatic rings. The lowest BCUT2D eigenvalue weighted by molar-refractivity contribution is -0.109. The lowest BCUT2D eigenvalue weighted by atomic mass is 10.5. The molecule has 1 unspecified atom stereocenters. The van der Waals surface area contributed by atoms with E-state index in [1.165, 1.54) is 0 Å². The molecule has 0 saturated heterocycles. The molecule has 1 atom stereocenters. The molecule has 9 heavy (non-hydrogen) atoms. The van der Waals surface area contributed by atoms with Crippen molar-refractivity contribution in [2.45, 2.75) is 19.6 Å². The van der Waals surface area contributed by atoms with Gasteiger partial charge in [-0.05, 0) is 6.92 Å². The monoisotopic (exact) mass is 129 g/mol. The first-order valence-electron chi connectivity index (χ1n) is 2.82. The standard InChI is InChI=1S/C6H11NO2/c1-6(8-2)9-5-3-4-7/h6H,3,5H2,1-2H3. The first-order chi connectivity index (χ1) is 4.31. The number of hydrogen-bond acceptors (Lipinski definition) is 3. The van der Waals surface area contributed by atoms with Crippen molar-refractivity contribution in [3.8, 4) is 6.07 Å². The Morgan fingerprint density at radius 2 is 2.33 bits per heavy atom. The average molecular weight is 129 g/mol. The van der Waals surface area contributed by atoms with Crippen molar-refractivity contribution in [3.63, 3.8) is 0 Å². The summed E-state index contributed by atoms with van der Waals surface area (Å²) in [6.07, 6.45) is 0.228. The summed E-state index contributed by atoms with van der Waals surface area (Å²) in [7, 11) is 1.57. The van der Waals surface area contributed by atoms with Gasteiger partial charge in [0.25, 0.3) is 0 Å². The van der Waals surface area contributed by atoms with Gasteiger partial charge in [0.2, 0.25) is 0 Å². The van der Waals surface area contributed by atoms with Gasteiger partial charge in [-0.15, -0.1) is 0 Å². The molecular weight excluding hydrogens is 118 g/mol. The Kier molecular flexibility index (Phi) is 5.18. The second kappa shape index (κ2) is 5.54. The zero-order chi connectivity index (χ0) is 7.11. The molecule has 0 aromatic carbocycles. The Balaban J connectivity index is 2.99. The summed E-state index contributed by atoms with van der Waals surface area (Å²) in [5, 5.41) is 8.08. The lowest BCUT2D eigenvalue weighted by Crippen LogP contribution is -2.10. The third-order valence-electron chi connectivity index (χ3n) is 0.898. The van der Waals surface area contributed by atoms with Crippen molar-refractivity contribution in [2.24, 2.45) is 0 Å². The average Bonchev–Trinajstić information content (AvgIpc) is 1.89. The molecule has 0 fully saturated rings. The fourth-order valence-corrected chi connectivity index (χ4v) is 0.339. The maximum absolute atomic E-state index is 8.08. The molecule has 0 aliphatic heterocycles. The van der Waals surface area contributed by atoms with E-state index in [1.54, 1.807) is 14.0 Å². The summed E-state index contributed by atoms with van der Waals surface area (Å²) in [4.78, 5) is 0. The number of hydrogen-bond donors (Lipinski definition) is 0. The van der Waals surface area contributed by atoms with Gasteiger partial charge in [-0.25, -0.2) is 0 Å². The van der Waals surface area contributed by atoms with Gasteiger partial charge < -0.3 is 9.47 Å². The van der Waals surface area contributed by atoms with Crippen molar-refractivity contribution in [2.75, 3.05) is 13.7 Å². The Labute approximate surface area is 55.2 Å². The molecule has 3 heteroatoms. The molecule has 0 heterocycles. The van der Waals surface area contributed by atoms with E-state index in [0.717, 1.165) is 0 Å². The van der Waals surface area contributed by atoms with Crippen LogP contribution in [0.25, 0.3) is 0 Å². The first-order valence-corrected chi connectivity index (χ1v) is 2.82. The molecule has 0 bridgehead atoms. The first kappa shape index (κ1) is 8.41.